The molecule has 120 valence electrons. The Morgan fingerprint density at radius 3 is 2.74 bits per heavy atom. The van der Waals surface area contributed by atoms with E-state index in [1.165, 1.54) is 11.8 Å². The average Bonchev–Trinajstić information content (AvgIpc) is 2.94. The maximum atomic E-state index is 8.63. The molecule has 2 aromatic rings. The summed E-state index contributed by atoms with van der Waals surface area (Å²) < 4.78 is 7.69. The minimum Gasteiger partial charge on any atom is -0.489 e. The molecule has 1 aromatic heterocycles. The Morgan fingerprint density at radius 2 is 2.17 bits per heavy atom. The van der Waals surface area contributed by atoms with Gasteiger partial charge in [-0.2, -0.15) is 10.4 Å². The van der Waals surface area contributed by atoms with Crippen LogP contribution in [0.5, 0.6) is 5.75 Å². The summed E-state index contributed by atoms with van der Waals surface area (Å²) >= 11 is 1.38. The van der Waals surface area contributed by atoms with Crippen LogP contribution in [0.4, 0.5) is 5.69 Å². The van der Waals surface area contributed by atoms with Gasteiger partial charge in [0.05, 0.1) is 11.4 Å². The molecule has 23 heavy (non-hydrogen) atoms. The summed E-state index contributed by atoms with van der Waals surface area (Å²) in [5.41, 5.74) is 2.83. The first-order valence-electron chi connectivity index (χ1n) is 7.19. The molecule has 0 saturated heterocycles. The van der Waals surface area contributed by atoms with Gasteiger partial charge in [0.25, 0.3) is 0 Å². The normalized spacial score (nSPS) is 11.1. The zero-order valence-corrected chi connectivity index (χ0v) is 14.2. The van der Waals surface area contributed by atoms with Gasteiger partial charge >= 0.3 is 0 Å². The van der Waals surface area contributed by atoms with E-state index in [4.69, 9.17) is 10.00 Å². The molecular formula is C16H19N5OS. The Kier molecular flexibility index (Phi) is 6.06. The van der Waals surface area contributed by atoms with Crippen LogP contribution in [0.1, 0.15) is 18.2 Å². The van der Waals surface area contributed by atoms with Crippen LogP contribution in [0.3, 0.4) is 0 Å². The molecule has 6 nitrogen and oxygen atoms in total. The lowest BCUT2D eigenvalue weighted by Crippen LogP contribution is -2.12. The molecule has 0 fully saturated rings. The molecule has 0 aliphatic heterocycles. The molecule has 1 aromatic carbocycles. The minimum atomic E-state index is 0.487. The van der Waals surface area contributed by atoms with E-state index in [2.05, 4.69) is 22.3 Å². The summed E-state index contributed by atoms with van der Waals surface area (Å²) in [5, 5.41) is 16.1. The van der Waals surface area contributed by atoms with Crippen LogP contribution in [0.25, 0.3) is 0 Å². The van der Waals surface area contributed by atoms with E-state index >= 15 is 0 Å². The smallest absolute Gasteiger partial charge is 0.183 e. The average molecular weight is 329 g/mol. The first-order chi connectivity index (χ1) is 11.2. The fraction of sp³-hybridized carbons (Fsp3) is 0.312. The second-order valence-electron chi connectivity index (χ2n) is 4.74. The number of rotatable bonds is 5. The minimum absolute atomic E-state index is 0.487. The van der Waals surface area contributed by atoms with Gasteiger partial charge in [0, 0.05) is 18.3 Å². The fourth-order valence-corrected chi connectivity index (χ4v) is 2.27. The van der Waals surface area contributed by atoms with Gasteiger partial charge in [-0.3, -0.25) is 10.00 Å². The second-order valence-corrected chi connectivity index (χ2v) is 5.53. The number of aliphatic imine (C=N–C) groups is 1. The standard InChI is InChI=1S/C16H19N5OS/c1-4-21-9-13(12(2)20-21)10-22-15-7-5-14(6-8-15)19-16(23-3)18-11-17/h5-9H,4,10H2,1-3H3,(H,18,19). The van der Waals surface area contributed by atoms with Crippen LogP contribution in [-0.4, -0.2) is 21.2 Å². The van der Waals surface area contributed by atoms with Crippen molar-refractivity contribution in [3.8, 4) is 11.9 Å². The number of nitrogens with one attached hydrogen (secondary N) is 1. The van der Waals surface area contributed by atoms with Crippen molar-refractivity contribution in [1.82, 2.24) is 15.1 Å². The maximum Gasteiger partial charge on any atom is 0.183 e. The van der Waals surface area contributed by atoms with Crippen molar-refractivity contribution in [1.29, 1.82) is 5.26 Å². The number of hydrogen-bond donors (Lipinski definition) is 1. The Morgan fingerprint density at radius 1 is 1.43 bits per heavy atom. The van der Waals surface area contributed by atoms with E-state index < -0.39 is 0 Å². The predicted octanol–water partition coefficient (Wildman–Crippen LogP) is 3.21. The van der Waals surface area contributed by atoms with E-state index in [9.17, 15) is 0 Å². The number of thioether (sulfide) groups is 1. The van der Waals surface area contributed by atoms with Crippen LogP contribution in [-0.2, 0) is 13.2 Å². The van der Waals surface area contributed by atoms with Gasteiger partial charge < -0.3 is 4.74 Å². The molecule has 0 amide bonds. The highest BCUT2D eigenvalue weighted by Gasteiger charge is 2.05. The van der Waals surface area contributed by atoms with Crippen LogP contribution in [0.2, 0.25) is 0 Å². The van der Waals surface area contributed by atoms with E-state index in [0.29, 0.717) is 11.8 Å². The third-order valence-electron chi connectivity index (χ3n) is 3.19. The highest BCUT2D eigenvalue weighted by atomic mass is 32.2. The third-order valence-corrected chi connectivity index (χ3v) is 3.77. The van der Waals surface area contributed by atoms with Crippen molar-refractivity contribution < 1.29 is 4.74 Å². The predicted molar refractivity (Wildman–Crippen MR) is 92.8 cm³/mol. The number of ether oxygens (including phenoxy) is 1. The topological polar surface area (TPSA) is 75.2 Å². The van der Waals surface area contributed by atoms with Crippen molar-refractivity contribution in [3.05, 3.63) is 41.7 Å². The number of nitriles is 1. The number of aromatic nitrogens is 2. The summed E-state index contributed by atoms with van der Waals surface area (Å²) in [7, 11) is 0. The van der Waals surface area contributed by atoms with E-state index in [-0.39, 0.29) is 0 Å². The summed E-state index contributed by atoms with van der Waals surface area (Å²) in [6.45, 7) is 5.37. The second kappa shape index (κ2) is 8.25. The lowest BCUT2D eigenvalue weighted by Gasteiger charge is -2.06. The summed E-state index contributed by atoms with van der Waals surface area (Å²) in [4.78, 5) is 4.33. The number of amidine groups is 1. The molecular weight excluding hydrogens is 310 g/mol. The van der Waals surface area contributed by atoms with Gasteiger partial charge in [0.2, 0.25) is 0 Å². The van der Waals surface area contributed by atoms with E-state index in [0.717, 1.165) is 29.2 Å². The molecule has 0 spiro atoms. The maximum absolute atomic E-state index is 8.63. The van der Waals surface area contributed by atoms with Crippen molar-refractivity contribution in [2.45, 2.75) is 27.0 Å². The van der Waals surface area contributed by atoms with Crippen LogP contribution in [0.15, 0.2) is 35.5 Å². The van der Waals surface area contributed by atoms with Gasteiger partial charge in [-0.15, -0.1) is 0 Å². The highest BCUT2D eigenvalue weighted by molar-refractivity contribution is 8.13. The van der Waals surface area contributed by atoms with Gasteiger partial charge in [-0.25, -0.2) is 4.99 Å². The molecule has 1 heterocycles. The number of aryl methyl sites for hydroxylation is 2. The quantitative estimate of drug-likeness (QED) is 0.394. The van der Waals surface area contributed by atoms with Crippen molar-refractivity contribution in [2.24, 2.45) is 4.99 Å². The summed E-state index contributed by atoms with van der Waals surface area (Å²) in [5.74, 6) is 0.770. The lowest BCUT2D eigenvalue weighted by atomic mass is 10.3. The van der Waals surface area contributed by atoms with Crippen LogP contribution in [0, 0.1) is 18.4 Å². The molecule has 2 rings (SSSR count). The lowest BCUT2D eigenvalue weighted by molar-refractivity contribution is 0.305. The third kappa shape index (κ3) is 4.76. The summed E-state index contributed by atoms with van der Waals surface area (Å²) in [6, 6.07) is 7.44. The van der Waals surface area contributed by atoms with Crippen molar-refractivity contribution >= 4 is 22.6 Å². The first-order valence-corrected chi connectivity index (χ1v) is 8.42. The molecule has 0 atom stereocenters. The zero-order valence-electron chi connectivity index (χ0n) is 13.4. The molecule has 0 unspecified atom stereocenters. The van der Waals surface area contributed by atoms with Crippen LogP contribution < -0.4 is 10.1 Å². The molecule has 1 N–H and O–H groups in total. The number of nitrogens with zero attached hydrogens (tertiary/aromatic N) is 4. The fourth-order valence-electron chi connectivity index (χ4n) is 1.93. The van der Waals surface area contributed by atoms with Crippen molar-refractivity contribution in [2.75, 3.05) is 6.26 Å². The van der Waals surface area contributed by atoms with Gasteiger partial charge in [0.15, 0.2) is 11.4 Å². The Hall–Kier alpha value is -2.46. The van der Waals surface area contributed by atoms with Gasteiger partial charge in [0.1, 0.15) is 12.4 Å². The van der Waals surface area contributed by atoms with E-state index in [1.807, 2.05) is 54.5 Å². The largest absolute Gasteiger partial charge is 0.489 e. The SMILES string of the molecule is CCn1cc(COc2ccc(N=C(NC#N)SC)cc2)c(C)n1. The van der Waals surface area contributed by atoms with Gasteiger partial charge in [-0.05, 0) is 44.4 Å². The van der Waals surface area contributed by atoms with Crippen LogP contribution >= 0.6 is 11.8 Å². The Balaban J connectivity index is 2.00. The molecule has 0 bridgehead atoms. The van der Waals surface area contributed by atoms with E-state index in [1.54, 1.807) is 0 Å². The Bertz CT molecular complexity index is 715. The van der Waals surface area contributed by atoms with Crippen molar-refractivity contribution in [3.63, 3.8) is 0 Å². The highest BCUT2D eigenvalue weighted by Crippen LogP contribution is 2.20. The first kappa shape index (κ1) is 16.9. The van der Waals surface area contributed by atoms with Gasteiger partial charge in [-0.1, -0.05) is 11.8 Å². The number of benzene rings is 1. The molecule has 0 aliphatic carbocycles. The zero-order chi connectivity index (χ0) is 16.7. The molecule has 0 saturated carbocycles. The summed E-state index contributed by atoms with van der Waals surface area (Å²) in [6.07, 6.45) is 5.73. The molecule has 0 aliphatic rings. The Labute approximate surface area is 140 Å². The molecule has 0 radical (unpaired) electrons. The number of hydrogen-bond acceptors (Lipinski definition) is 5. The molecule has 7 heteroatoms. The monoisotopic (exact) mass is 329 g/mol.